The number of rotatable bonds is 14. The Hall–Kier alpha value is -6.80. The third kappa shape index (κ3) is 7.91. The summed E-state index contributed by atoms with van der Waals surface area (Å²) in [5.41, 5.74) is 11.3. The van der Waals surface area contributed by atoms with E-state index in [2.05, 4.69) is 86.8 Å². The summed E-state index contributed by atoms with van der Waals surface area (Å²) in [7, 11) is 1.97. The molecule has 3 aromatic heterocycles. The normalized spacial score (nSPS) is 14.1. The summed E-state index contributed by atoms with van der Waals surface area (Å²) >= 11 is 1.03. The van der Waals surface area contributed by atoms with Gasteiger partial charge in [-0.3, -0.25) is 14.9 Å². The number of carbonyl (C=O) groups is 2. The van der Waals surface area contributed by atoms with E-state index in [-0.39, 0.29) is 17.8 Å². The van der Waals surface area contributed by atoms with E-state index in [0.717, 1.165) is 97.4 Å². The summed E-state index contributed by atoms with van der Waals surface area (Å²) in [5, 5.41) is 16.2. The summed E-state index contributed by atoms with van der Waals surface area (Å²) in [4.78, 5) is 33.4. The van der Waals surface area contributed by atoms with Crippen molar-refractivity contribution in [2.75, 3.05) is 0 Å². The van der Waals surface area contributed by atoms with Gasteiger partial charge in [0.05, 0.1) is 27.3 Å². The van der Waals surface area contributed by atoms with Gasteiger partial charge in [-0.05, 0) is 93.9 Å². The standard InChI is InChI=1S/C45H41N9O4S/c1-4-7-40-47-42-27(2)20-30(21-38(42)54(40)24-29-10-14-31(15-11-29)34-8-5-6-9-35(34)43-49-51-52-50-43)25-57-33-18-19-36-37(23-33)53(3)41(46-36)26-58-32-16-12-28(13-17-32)22-39-44(55)48-45(56)59-39/h5-6,8-21,23,39H,4,7,22,24-26H2,1-3H3,(H,48,55,56)(H,49,50,51,52). The molecule has 2 amide bonds. The van der Waals surface area contributed by atoms with Gasteiger partial charge < -0.3 is 18.6 Å². The number of nitrogens with one attached hydrogen (secondary N) is 2. The summed E-state index contributed by atoms with van der Waals surface area (Å²) in [6.45, 7) is 5.68. The van der Waals surface area contributed by atoms with E-state index in [9.17, 15) is 9.59 Å². The van der Waals surface area contributed by atoms with Gasteiger partial charge >= 0.3 is 0 Å². The second kappa shape index (κ2) is 16.2. The molecular weight excluding hydrogens is 763 g/mol. The van der Waals surface area contributed by atoms with Crippen LogP contribution in [-0.4, -0.2) is 56.1 Å². The number of amides is 2. The SMILES string of the molecule is CCCc1nc2c(C)cc(COc3ccc4nc(COc5ccc(CC6SC(=O)NC6=O)cc5)n(C)c4c3)cc2n1Cc1ccc(-c2ccccc2-c2nnn[nH]2)cc1. The first-order valence-electron chi connectivity index (χ1n) is 19.5. The topological polar surface area (TPSA) is 155 Å². The first-order chi connectivity index (χ1) is 28.8. The maximum absolute atomic E-state index is 11.9. The fourth-order valence-corrected chi connectivity index (χ4v) is 8.45. The molecule has 1 unspecified atom stereocenters. The quantitative estimate of drug-likeness (QED) is 0.110. The second-order valence-electron chi connectivity index (χ2n) is 14.7. The highest BCUT2D eigenvalue weighted by molar-refractivity contribution is 8.15. The average Bonchev–Trinajstić information content (AvgIpc) is 4.04. The van der Waals surface area contributed by atoms with Crippen LogP contribution in [0, 0.1) is 6.92 Å². The summed E-state index contributed by atoms with van der Waals surface area (Å²) in [6.07, 6.45) is 2.36. The van der Waals surface area contributed by atoms with E-state index >= 15 is 0 Å². The number of imide groups is 1. The van der Waals surface area contributed by atoms with Gasteiger partial charge in [0.25, 0.3) is 5.24 Å². The molecule has 1 fully saturated rings. The Bertz CT molecular complexity index is 2810. The molecule has 0 bridgehead atoms. The number of carbonyl (C=O) groups excluding carboxylic acids is 2. The van der Waals surface area contributed by atoms with Crippen molar-refractivity contribution in [3.05, 3.63) is 137 Å². The number of aromatic nitrogens is 8. The molecule has 1 aliphatic heterocycles. The van der Waals surface area contributed by atoms with Crippen LogP contribution in [0.25, 0.3) is 44.6 Å². The van der Waals surface area contributed by atoms with Gasteiger partial charge in [-0.2, -0.15) is 0 Å². The van der Waals surface area contributed by atoms with Crippen LogP contribution in [-0.2, 0) is 44.4 Å². The number of thioether (sulfide) groups is 1. The zero-order valence-electron chi connectivity index (χ0n) is 32.8. The van der Waals surface area contributed by atoms with Crippen molar-refractivity contribution in [2.24, 2.45) is 7.05 Å². The molecule has 2 N–H and O–H groups in total. The molecule has 8 aromatic rings. The van der Waals surface area contributed by atoms with Crippen LogP contribution < -0.4 is 14.8 Å². The first-order valence-corrected chi connectivity index (χ1v) is 20.4. The van der Waals surface area contributed by atoms with Crippen LogP contribution in [0.4, 0.5) is 4.79 Å². The molecule has 1 saturated heterocycles. The number of aromatic amines is 1. The molecular formula is C45H41N9O4S. The largest absolute Gasteiger partial charge is 0.489 e. The highest BCUT2D eigenvalue weighted by atomic mass is 32.2. The van der Waals surface area contributed by atoms with Crippen molar-refractivity contribution in [3.63, 3.8) is 0 Å². The van der Waals surface area contributed by atoms with E-state index in [0.29, 0.717) is 31.1 Å². The van der Waals surface area contributed by atoms with Crippen LogP contribution in [0.3, 0.4) is 0 Å². The number of fused-ring (bicyclic) bond motifs is 2. The molecule has 4 heterocycles. The van der Waals surface area contributed by atoms with E-state index in [1.165, 1.54) is 5.56 Å². The summed E-state index contributed by atoms with van der Waals surface area (Å²) in [5.74, 6) is 3.68. The Balaban J connectivity index is 0.886. The third-order valence-electron chi connectivity index (χ3n) is 10.6. The van der Waals surface area contributed by atoms with Crippen LogP contribution in [0.1, 0.15) is 47.2 Å². The fourth-order valence-electron chi connectivity index (χ4n) is 7.59. The molecule has 9 rings (SSSR count). The Morgan fingerprint density at radius 1 is 0.780 bits per heavy atom. The molecule has 0 saturated carbocycles. The lowest BCUT2D eigenvalue weighted by molar-refractivity contribution is -0.118. The molecule has 0 radical (unpaired) electrons. The number of benzene rings is 5. The van der Waals surface area contributed by atoms with E-state index in [4.69, 9.17) is 19.4 Å². The highest BCUT2D eigenvalue weighted by Gasteiger charge is 2.31. The number of hydrogen-bond donors (Lipinski definition) is 2. The third-order valence-corrected chi connectivity index (χ3v) is 11.6. The molecule has 14 heteroatoms. The van der Waals surface area contributed by atoms with Gasteiger partial charge in [-0.25, -0.2) is 15.1 Å². The lowest BCUT2D eigenvalue weighted by Gasteiger charge is -2.12. The lowest BCUT2D eigenvalue weighted by Crippen LogP contribution is -2.25. The molecule has 0 aliphatic carbocycles. The zero-order valence-corrected chi connectivity index (χ0v) is 33.6. The van der Waals surface area contributed by atoms with Crippen molar-refractivity contribution in [3.8, 4) is 34.0 Å². The predicted molar refractivity (Wildman–Crippen MR) is 227 cm³/mol. The van der Waals surface area contributed by atoms with Gasteiger partial charge in [-0.15, -0.1) is 5.10 Å². The second-order valence-corrected chi connectivity index (χ2v) is 15.9. The molecule has 5 aromatic carbocycles. The maximum Gasteiger partial charge on any atom is 0.286 e. The number of tetrazole rings is 1. The minimum Gasteiger partial charge on any atom is -0.489 e. The predicted octanol–water partition coefficient (Wildman–Crippen LogP) is 8.13. The lowest BCUT2D eigenvalue weighted by atomic mass is 9.98. The highest BCUT2D eigenvalue weighted by Crippen LogP contribution is 2.31. The maximum atomic E-state index is 11.9. The van der Waals surface area contributed by atoms with Crippen molar-refractivity contribution in [1.29, 1.82) is 0 Å². The molecule has 296 valence electrons. The minimum absolute atomic E-state index is 0.242. The number of aryl methyl sites for hydroxylation is 3. The van der Waals surface area contributed by atoms with Crippen molar-refractivity contribution < 1.29 is 19.1 Å². The summed E-state index contributed by atoms with van der Waals surface area (Å²) in [6, 6.07) is 34.7. The van der Waals surface area contributed by atoms with Gasteiger partial charge in [0.15, 0.2) is 5.82 Å². The van der Waals surface area contributed by atoms with Gasteiger partial charge in [-0.1, -0.05) is 85.4 Å². The Morgan fingerprint density at radius 2 is 1.54 bits per heavy atom. The fraction of sp³-hybridized carbons (Fsp3) is 0.222. The first kappa shape index (κ1) is 37.8. The monoisotopic (exact) mass is 803 g/mol. The van der Waals surface area contributed by atoms with Crippen LogP contribution >= 0.6 is 11.8 Å². The Labute approximate surface area is 344 Å². The van der Waals surface area contributed by atoms with E-state index in [1.807, 2.05) is 72.3 Å². The van der Waals surface area contributed by atoms with Crippen LogP contribution in [0.5, 0.6) is 11.5 Å². The minimum atomic E-state index is -0.402. The van der Waals surface area contributed by atoms with E-state index < -0.39 is 5.25 Å². The number of hydrogen-bond acceptors (Lipinski definition) is 10. The zero-order chi connectivity index (χ0) is 40.5. The Kier molecular flexibility index (Phi) is 10.4. The van der Waals surface area contributed by atoms with Gasteiger partial charge in [0.2, 0.25) is 5.91 Å². The average molecular weight is 804 g/mol. The van der Waals surface area contributed by atoms with Crippen molar-refractivity contribution >= 4 is 45.0 Å². The molecule has 1 aliphatic rings. The Morgan fingerprint density at radius 3 is 2.29 bits per heavy atom. The van der Waals surface area contributed by atoms with Crippen LogP contribution in [0.2, 0.25) is 0 Å². The smallest absolute Gasteiger partial charge is 0.286 e. The molecule has 1 atom stereocenters. The molecule has 59 heavy (non-hydrogen) atoms. The van der Waals surface area contributed by atoms with E-state index in [1.54, 1.807) is 0 Å². The molecule has 0 spiro atoms. The van der Waals surface area contributed by atoms with Crippen molar-refractivity contribution in [2.45, 2.75) is 58.1 Å². The summed E-state index contributed by atoms with van der Waals surface area (Å²) < 4.78 is 16.9. The number of H-pyrrole nitrogens is 1. The molecule has 13 nitrogen and oxygen atoms in total. The van der Waals surface area contributed by atoms with Gasteiger partial charge in [0, 0.05) is 31.6 Å². The number of ether oxygens (including phenoxy) is 2. The van der Waals surface area contributed by atoms with Crippen LogP contribution in [0.15, 0.2) is 103 Å². The number of nitrogens with zero attached hydrogens (tertiary/aromatic N) is 7. The van der Waals surface area contributed by atoms with Crippen molar-refractivity contribution in [1.82, 2.24) is 45.0 Å². The number of imidazole rings is 2. The van der Waals surface area contributed by atoms with Gasteiger partial charge in [0.1, 0.15) is 36.4 Å².